The van der Waals surface area contributed by atoms with Crippen LogP contribution in [-0.2, 0) is 26.2 Å². The van der Waals surface area contributed by atoms with Crippen LogP contribution >= 0.6 is 0 Å². The molecule has 0 amide bonds. The summed E-state index contributed by atoms with van der Waals surface area (Å²) in [5.74, 6) is 2.57. The second-order valence-electron chi connectivity index (χ2n) is 6.19. The maximum Gasteiger partial charge on any atom is 0.231 e. The highest BCUT2D eigenvalue weighted by molar-refractivity contribution is 5.44. The third-order valence-corrected chi connectivity index (χ3v) is 4.33. The first-order chi connectivity index (χ1) is 12.8. The minimum Gasteiger partial charge on any atom is -0.454 e. The van der Waals surface area contributed by atoms with Crippen LogP contribution in [0.5, 0.6) is 11.5 Å². The van der Waals surface area contributed by atoms with Gasteiger partial charge in [0.15, 0.2) is 11.5 Å². The van der Waals surface area contributed by atoms with Crippen LogP contribution < -0.4 is 9.47 Å². The van der Waals surface area contributed by atoms with Crippen LogP contribution in [0, 0.1) is 0 Å². The van der Waals surface area contributed by atoms with Crippen molar-refractivity contribution >= 4 is 0 Å². The molecule has 134 valence electrons. The monoisotopic (exact) mass is 351 g/mol. The molecule has 7 nitrogen and oxygen atoms in total. The lowest BCUT2D eigenvalue weighted by atomic mass is 10.1. The first kappa shape index (κ1) is 16.5. The molecule has 0 bridgehead atoms. The first-order valence-corrected chi connectivity index (χ1v) is 8.68. The summed E-state index contributed by atoms with van der Waals surface area (Å²) in [6, 6.07) is 10.1. The molecule has 7 heteroatoms. The second kappa shape index (κ2) is 7.53. The van der Waals surface area contributed by atoms with Crippen LogP contribution in [0.2, 0.25) is 0 Å². The molecule has 0 fully saturated rings. The van der Waals surface area contributed by atoms with Crippen LogP contribution in [0.15, 0.2) is 49.1 Å². The second-order valence-corrected chi connectivity index (χ2v) is 6.19. The number of pyridine rings is 1. The fourth-order valence-electron chi connectivity index (χ4n) is 3.09. The molecule has 0 unspecified atom stereocenters. The largest absolute Gasteiger partial charge is 0.454 e. The lowest BCUT2D eigenvalue weighted by molar-refractivity contribution is 0.174. The molecule has 1 aromatic carbocycles. The Morgan fingerprint density at radius 1 is 1.08 bits per heavy atom. The normalized spacial score (nSPS) is 12.7. The van der Waals surface area contributed by atoms with Crippen molar-refractivity contribution in [1.82, 2.24) is 24.6 Å². The number of aryl methyl sites for hydroxylation is 1. The quantitative estimate of drug-likeness (QED) is 0.652. The van der Waals surface area contributed by atoms with Crippen molar-refractivity contribution in [2.45, 2.75) is 33.1 Å². The summed E-state index contributed by atoms with van der Waals surface area (Å²) in [6.07, 6.45) is 5.30. The van der Waals surface area contributed by atoms with Gasteiger partial charge in [0.05, 0.1) is 6.54 Å². The van der Waals surface area contributed by atoms with Crippen LogP contribution in [0.4, 0.5) is 0 Å². The smallest absolute Gasteiger partial charge is 0.231 e. The summed E-state index contributed by atoms with van der Waals surface area (Å²) in [5, 5.41) is 4.28. The van der Waals surface area contributed by atoms with Crippen molar-refractivity contribution in [3.63, 3.8) is 0 Å². The predicted octanol–water partition coefficient (Wildman–Crippen LogP) is 2.62. The van der Waals surface area contributed by atoms with E-state index in [1.807, 2.05) is 29.1 Å². The van der Waals surface area contributed by atoms with E-state index < -0.39 is 0 Å². The Balaban J connectivity index is 1.55. The number of nitrogens with zero attached hydrogens (tertiary/aromatic N) is 5. The van der Waals surface area contributed by atoms with Crippen LogP contribution in [0.25, 0.3) is 0 Å². The Morgan fingerprint density at radius 3 is 2.81 bits per heavy atom. The highest BCUT2D eigenvalue weighted by Crippen LogP contribution is 2.33. The molecule has 3 heterocycles. The molecule has 0 aliphatic carbocycles. The maximum atomic E-state index is 5.50. The first-order valence-electron chi connectivity index (χ1n) is 8.68. The molecule has 26 heavy (non-hydrogen) atoms. The lowest BCUT2D eigenvalue weighted by Gasteiger charge is -2.22. The molecule has 0 saturated heterocycles. The third kappa shape index (κ3) is 3.67. The van der Waals surface area contributed by atoms with Gasteiger partial charge in [-0.25, -0.2) is 9.67 Å². The third-order valence-electron chi connectivity index (χ3n) is 4.33. The van der Waals surface area contributed by atoms with Crippen LogP contribution in [-0.4, -0.2) is 31.4 Å². The maximum absolute atomic E-state index is 5.50. The van der Waals surface area contributed by atoms with E-state index in [2.05, 4.69) is 39.0 Å². The van der Waals surface area contributed by atoms with Gasteiger partial charge in [-0.05, 0) is 36.2 Å². The molecule has 2 aromatic heterocycles. The minimum atomic E-state index is 0.289. The molecule has 0 N–H and O–H groups in total. The van der Waals surface area contributed by atoms with Gasteiger partial charge in [-0.2, -0.15) is 5.10 Å². The number of hydrogen-bond donors (Lipinski definition) is 0. The predicted molar refractivity (Wildman–Crippen MR) is 95.4 cm³/mol. The zero-order chi connectivity index (χ0) is 17.8. The Labute approximate surface area is 152 Å². The summed E-state index contributed by atoms with van der Waals surface area (Å²) in [5.41, 5.74) is 2.33. The molecule has 1 aliphatic rings. The molecule has 0 spiro atoms. The van der Waals surface area contributed by atoms with Gasteiger partial charge in [0.2, 0.25) is 6.79 Å². The average molecular weight is 351 g/mol. The van der Waals surface area contributed by atoms with Gasteiger partial charge in [0.1, 0.15) is 12.2 Å². The van der Waals surface area contributed by atoms with E-state index in [4.69, 9.17) is 9.47 Å². The minimum absolute atomic E-state index is 0.289. The van der Waals surface area contributed by atoms with E-state index >= 15 is 0 Å². The number of fused-ring (bicyclic) bond motifs is 1. The van der Waals surface area contributed by atoms with Gasteiger partial charge < -0.3 is 9.47 Å². The van der Waals surface area contributed by atoms with Crippen molar-refractivity contribution in [3.8, 4) is 11.5 Å². The molecular weight excluding hydrogens is 330 g/mol. The summed E-state index contributed by atoms with van der Waals surface area (Å²) < 4.78 is 12.8. The Hall–Kier alpha value is -2.93. The summed E-state index contributed by atoms with van der Waals surface area (Å²) >= 11 is 0. The lowest BCUT2D eigenvalue weighted by Crippen LogP contribution is -2.24. The van der Waals surface area contributed by atoms with Gasteiger partial charge in [0, 0.05) is 32.0 Å². The zero-order valence-corrected chi connectivity index (χ0v) is 14.7. The SMILES string of the molecule is CCn1ncnc1CN(Cc1cccnc1)Cc1ccc2c(c1)OCO2. The highest BCUT2D eigenvalue weighted by Gasteiger charge is 2.16. The number of benzene rings is 1. The molecule has 1 aliphatic heterocycles. The van der Waals surface area contributed by atoms with Crippen molar-refractivity contribution in [2.24, 2.45) is 0 Å². The molecule has 0 radical (unpaired) electrons. The van der Waals surface area contributed by atoms with Gasteiger partial charge in [-0.15, -0.1) is 0 Å². The van der Waals surface area contributed by atoms with Crippen molar-refractivity contribution in [3.05, 3.63) is 66.0 Å². The van der Waals surface area contributed by atoms with Gasteiger partial charge in [-0.1, -0.05) is 12.1 Å². The highest BCUT2D eigenvalue weighted by atomic mass is 16.7. The summed E-state index contributed by atoms with van der Waals surface area (Å²) in [4.78, 5) is 11.0. The van der Waals surface area contributed by atoms with E-state index in [0.29, 0.717) is 6.54 Å². The Bertz CT molecular complexity index is 865. The van der Waals surface area contributed by atoms with E-state index in [-0.39, 0.29) is 6.79 Å². The zero-order valence-electron chi connectivity index (χ0n) is 14.7. The van der Waals surface area contributed by atoms with E-state index in [9.17, 15) is 0 Å². The average Bonchev–Trinajstić information content (AvgIpc) is 3.31. The molecule has 0 atom stereocenters. The van der Waals surface area contributed by atoms with Crippen molar-refractivity contribution in [1.29, 1.82) is 0 Å². The summed E-state index contributed by atoms with van der Waals surface area (Å²) in [6.45, 7) is 5.41. The molecular formula is C19H21N5O2. The number of ether oxygens (including phenoxy) is 2. The molecule has 3 aromatic rings. The van der Waals surface area contributed by atoms with Crippen molar-refractivity contribution in [2.75, 3.05) is 6.79 Å². The van der Waals surface area contributed by atoms with E-state index in [0.717, 1.165) is 42.5 Å². The summed E-state index contributed by atoms with van der Waals surface area (Å²) in [7, 11) is 0. The van der Waals surface area contributed by atoms with Crippen LogP contribution in [0.1, 0.15) is 23.9 Å². The van der Waals surface area contributed by atoms with Gasteiger partial charge >= 0.3 is 0 Å². The van der Waals surface area contributed by atoms with E-state index in [1.165, 1.54) is 5.56 Å². The Kier molecular flexibility index (Phi) is 4.79. The van der Waals surface area contributed by atoms with Gasteiger partial charge in [-0.3, -0.25) is 9.88 Å². The number of hydrogen-bond acceptors (Lipinski definition) is 6. The Morgan fingerprint density at radius 2 is 1.96 bits per heavy atom. The van der Waals surface area contributed by atoms with Gasteiger partial charge in [0.25, 0.3) is 0 Å². The van der Waals surface area contributed by atoms with E-state index in [1.54, 1.807) is 12.5 Å². The standard InChI is InChI=1S/C19H21N5O2/c1-2-24-19(21-13-22-24)12-23(11-16-4-3-7-20-9-16)10-15-5-6-17-18(8-15)26-14-25-17/h3-9,13H,2,10-12,14H2,1H3. The fraction of sp³-hybridized carbons (Fsp3) is 0.316. The van der Waals surface area contributed by atoms with Crippen LogP contribution in [0.3, 0.4) is 0 Å². The topological polar surface area (TPSA) is 65.3 Å². The number of rotatable bonds is 7. The van der Waals surface area contributed by atoms with Crippen molar-refractivity contribution < 1.29 is 9.47 Å². The number of aromatic nitrogens is 4. The molecule has 4 rings (SSSR count). The fourth-order valence-corrected chi connectivity index (χ4v) is 3.09. The molecule has 0 saturated carbocycles.